The number of ether oxygens (including phenoxy) is 2. The molecule has 2 aliphatic heterocycles. The Morgan fingerprint density at radius 3 is 2.56 bits per heavy atom. The predicted molar refractivity (Wildman–Crippen MR) is 248 cm³/mol. The van der Waals surface area contributed by atoms with E-state index in [0.717, 1.165) is 66.6 Å². The number of amides is 1. The molecule has 1 unspecified atom stereocenters. The van der Waals surface area contributed by atoms with E-state index >= 15 is 0 Å². The van der Waals surface area contributed by atoms with E-state index in [2.05, 4.69) is 55.8 Å². The van der Waals surface area contributed by atoms with Crippen LogP contribution in [0.4, 0.5) is 17.1 Å². The standard InChI is InChI=1S/C48H48ClN7O7S/c1-48(2)16-14-34(41(27-48)32-8-10-35(49)11-9-32)29-54-18-20-55(21-19-54)37-12-13-40(43(24-37)63-38-23-33-15-17-50-46(33)51-28-38)47(57)53-64(60,61)39-25-42(56(58)59)45-44(26-39)62-30-36(52-45)22-31-6-4-3-5-7-31/h3-13,15,17,23-26,28,36,52H,14,16,18-22,27,29-30H2,1-2H3,(H,50,51)(H,53,57). The molecule has 1 aliphatic carbocycles. The highest BCUT2D eigenvalue weighted by Crippen LogP contribution is 2.44. The number of aromatic nitrogens is 2. The molecule has 6 aromatic rings. The van der Waals surface area contributed by atoms with Gasteiger partial charge in [0.1, 0.15) is 23.8 Å². The number of nitro groups is 1. The van der Waals surface area contributed by atoms with Crippen molar-refractivity contribution < 1.29 is 27.6 Å². The van der Waals surface area contributed by atoms with Crippen molar-refractivity contribution in [2.75, 3.05) is 49.5 Å². The topological polar surface area (TPSA) is 172 Å². The second kappa shape index (κ2) is 17.6. The van der Waals surface area contributed by atoms with Gasteiger partial charge in [0.2, 0.25) is 0 Å². The summed E-state index contributed by atoms with van der Waals surface area (Å²) in [5.74, 6) is -0.536. The van der Waals surface area contributed by atoms with Crippen LogP contribution in [0.25, 0.3) is 16.6 Å². The summed E-state index contributed by atoms with van der Waals surface area (Å²) in [7, 11) is -4.66. The average Bonchev–Trinajstić information content (AvgIpc) is 3.75. The number of hydrogen-bond donors (Lipinski definition) is 3. The van der Waals surface area contributed by atoms with Gasteiger partial charge in [0, 0.05) is 73.2 Å². The molecule has 3 N–H and O–H groups in total. The highest BCUT2D eigenvalue weighted by atomic mass is 35.5. The van der Waals surface area contributed by atoms with Crippen LogP contribution in [0.3, 0.4) is 0 Å². The van der Waals surface area contributed by atoms with Crippen LogP contribution in [-0.2, 0) is 16.4 Å². The van der Waals surface area contributed by atoms with E-state index in [1.54, 1.807) is 24.4 Å². The molecule has 3 aliphatic rings. The highest BCUT2D eigenvalue weighted by Gasteiger charge is 2.33. The molecule has 4 aromatic carbocycles. The number of carbonyl (C=O) groups excluding carboxylic acids is 1. The molecule has 0 bridgehead atoms. The summed E-state index contributed by atoms with van der Waals surface area (Å²) < 4.78 is 42.2. The Kier molecular flexibility index (Phi) is 11.8. The number of piperazine rings is 1. The summed E-state index contributed by atoms with van der Waals surface area (Å²) in [6.07, 6.45) is 6.99. The summed E-state index contributed by atoms with van der Waals surface area (Å²) in [6, 6.07) is 28.2. The lowest BCUT2D eigenvalue weighted by atomic mass is 9.72. The Hall–Kier alpha value is -6.42. The zero-order valence-electron chi connectivity index (χ0n) is 35.5. The van der Waals surface area contributed by atoms with Crippen molar-refractivity contribution >= 4 is 61.2 Å². The zero-order chi connectivity index (χ0) is 44.6. The Morgan fingerprint density at radius 2 is 1.80 bits per heavy atom. The first kappa shape index (κ1) is 42.9. The summed E-state index contributed by atoms with van der Waals surface area (Å²) in [4.78, 5) is 37.4. The number of sulfonamides is 1. The lowest BCUT2D eigenvalue weighted by Crippen LogP contribution is -2.47. The smallest absolute Gasteiger partial charge is 0.297 e. The number of rotatable bonds is 12. The zero-order valence-corrected chi connectivity index (χ0v) is 37.0. The molecule has 64 heavy (non-hydrogen) atoms. The van der Waals surface area contributed by atoms with Crippen LogP contribution in [0.15, 0.2) is 120 Å². The Balaban J connectivity index is 0.945. The van der Waals surface area contributed by atoms with Gasteiger partial charge in [-0.1, -0.05) is 73.5 Å². The first-order valence-electron chi connectivity index (χ1n) is 21.3. The largest absolute Gasteiger partial charge is 0.489 e. The normalized spacial score (nSPS) is 17.6. The van der Waals surface area contributed by atoms with Crippen molar-refractivity contribution in [3.8, 4) is 17.2 Å². The van der Waals surface area contributed by atoms with Gasteiger partial charge in [0.05, 0.1) is 27.6 Å². The molecule has 16 heteroatoms. The Labute approximate surface area is 376 Å². The summed E-state index contributed by atoms with van der Waals surface area (Å²) in [5.41, 5.74) is 6.29. The van der Waals surface area contributed by atoms with Crippen LogP contribution in [0, 0.1) is 15.5 Å². The molecule has 1 fully saturated rings. The molecular weight excluding hydrogens is 854 g/mol. The van der Waals surface area contributed by atoms with Crippen molar-refractivity contribution in [3.05, 3.63) is 147 Å². The molecule has 0 radical (unpaired) electrons. The first-order valence-corrected chi connectivity index (χ1v) is 23.2. The summed E-state index contributed by atoms with van der Waals surface area (Å²) in [5, 5.41) is 17.0. The number of pyridine rings is 1. The third-order valence-electron chi connectivity index (χ3n) is 12.2. The number of H-pyrrole nitrogens is 1. The maximum absolute atomic E-state index is 14.0. The van der Waals surface area contributed by atoms with Crippen molar-refractivity contribution in [3.63, 3.8) is 0 Å². The highest BCUT2D eigenvalue weighted by molar-refractivity contribution is 7.90. The SMILES string of the molecule is CC1(C)CCC(CN2CCN(c3ccc(C(=O)NS(=O)(=O)c4cc5c(c([N+](=O)[O-])c4)NC(Cc4ccccc4)CO5)c(Oc4cnc5[nH]ccc5c4)c3)CC2)=C(c2ccc(Cl)cc2)C1. The number of fused-ring (bicyclic) bond motifs is 2. The summed E-state index contributed by atoms with van der Waals surface area (Å²) in [6.45, 7) is 8.73. The molecule has 1 saturated heterocycles. The maximum atomic E-state index is 14.0. The fraction of sp³-hybridized carbons (Fsp3) is 0.292. The van der Waals surface area contributed by atoms with Crippen LogP contribution < -0.4 is 24.4 Å². The number of hydrogen-bond acceptors (Lipinski definition) is 11. The van der Waals surface area contributed by atoms with E-state index in [-0.39, 0.29) is 40.8 Å². The molecule has 2 aromatic heterocycles. The minimum absolute atomic E-state index is 0.00568. The third kappa shape index (κ3) is 9.42. The third-order valence-corrected chi connectivity index (χ3v) is 13.8. The van der Waals surface area contributed by atoms with E-state index in [1.165, 1.54) is 35.0 Å². The number of carbonyl (C=O) groups is 1. The van der Waals surface area contributed by atoms with Gasteiger partial charge in [0.25, 0.3) is 21.6 Å². The van der Waals surface area contributed by atoms with E-state index in [4.69, 9.17) is 21.1 Å². The Bertz CT molecular complexity index is 2880. The van der Waals surface area contributed by atoms with Crippen molar-refractivity contribution in [2.45, 2.75) is 50.5 Å². The van der Waals surface area contributed by atoms with Crippen LogP contribution in [0.5, 0.6) is 17.2 Å². The minimum atomic E-state index is -4.66. The number of nitro benzene ring substituents is 1. The number of nitrogens with zero attached hydrogens (tertiary/aromatic N) is 4. The molecule has 9 rings (SSSR count). The van der Waals surface area contributed by atoms with Crippen molar-refractivity contribution in [1.82, 2.24) is 19.6 Å². The van der Waals surface area contributed by atoms with Gasteiger partial charge < -0.3 is 24.7 Å². The van der Waals surface area contributed by atoms with Crippen LogP contribution in [-0.4, -0.2) is 79.5 Å². The number of benzene rings is 4. The number of aromatic amines is 1. The fourth-order valence-corrected chi connectivity index (χ4v) is 9.92. The molecule has 4 heterocycles. The molecule has 0 spiro atoms. The van der Waals surface area contributed by atoms with Crippen molar-refractivity contribution in [2.24, 2.45) is 5.41 Å². The van der Waals surface area contributed by atoms with Crippen LogP contribution in [0.1, 0.15) is 54.6 Å². The van der Waals surface area contributed by atoms with Crippen LogP contribution >= 0.6 is 11.6 Å². The van der Waals surface area contributed by atoms with Gasteiger partial charge in [-0.15, -0.1) is 0 Å². The van der Waals surface area contributed by atoms with Crippen molar-refractivity contribution in [1.29, 1.82) is 0 Å². The van der Waals surface area contributed by atoms with E-state index < -0.39 is 31.4 Å². The first-order chi connectivity index (χ1) is 30.8. The van der Waals surface area contributed by atoms with E-state index in [1.807, 2.05) is 48.5 Å². The van der Waals surface area contributed by atoms with Gasteiger partial charge in [-0.2, -0.15) is 0 Å². The molecule has 0 saturated carbocycles. The number of anilines is 2. The monoisotopic (exact) mass is 901 g/mol. The van der Waals surface area contributed by atoms with Crippen LogP contribution in [0.2, 0.25) is 5.02 Å². The van der Waals surface area contributed by atoms with Gasteiger partial charge in [0.15, 0.2) is 11.4 Å². The number of nitrogens with one attached hydrogen (secondary N) is 3. The number of allylic oxidation sites excluding steroid dienone is 1. The predicted octanol–water partition coefficient (Wildman–Crippen LogP) is 9.24. The molecule has 330 valence electrons. The molecule has 14 nitrogen and oxygen atoms in total. The molecule has 1 amide bonds. The lowest BCUT2D eigenvalue weighted by molar-refractivity contribution is -0.384. The maximum Gasteiger partial charge on any atom is 0.297 e. The Morgan fingerprint density at radius 1 is 1.02 bits per heavy atom. The van der Waals surface area contributed by atoms with Gasteiger partial charge in [-0.25, -0.2) is 18.1 Å². The fourth-order valence-electron chi connectivity index (χ4n) is 8.80. The molecular formula is C48H48ClN7O7S. The lowest BCUT2D eigenvalue weighted by Gasteiger charge is -2.39. The summed E-state index contributed by atoms with van der Waals surface area (Å²) >= 11 is 6.25. The molecule has 1 atom stereocenters. The average molecular weight is 902 g/mol. The second-order valence-electron chi connectivity index (χ2n) is 17.4. The van der Waals surface area contributed by atoms with Gasteiger partial charge >= 0.3 is 0 Å². The second-order valence-corrected chi connectivity index (χ2v) is 19.5. The minimum Gasteiger partial charge on any atom is -0.489 e. The van der Waals surface area contributed by atoms with Gasteiger partial charge in [-0.05, 0) is 84.2 Å². The van der Waals surface area contributed by atoms with Gasteiger partial charge in [-0.3, -0.25) is 19.8 Å². The number of halogens is 1. The quantitative estimate of drug-likeness (QED) is 0.0790. The van der Waals surface area contributed by atoms with E-state index in [9.17, 15) is 23.3 Å². The van der Waals surface area contributed by atoms with E-state index in [0.29, 0.717) is 30.9 Å².